The molecule has 0 aliphatic rings. The Labute approximate surface area is 108 Å². The van der Waals surface area contributed by atoms with Crippen LogP contribution in [-0.4, -0.2) is 11.5 Å². The molecule has 1 aromatic heterocycles. The van der Waals surface area contributed by atoms with Crippen LogP contribution in [0, 0.1) is 5.82 Å². The SMILES string of the molecule is Fc1ccc(CNCCc2nccs2)c(Cl)c1. The van der Waals surface area contributed by atoms with Crippen LogP contribution in [0.2, 0.25) is 5.02 Å². The molecule has 1 heterocycles. The minimum absolute atomic E-state index is 0.304. The number of halogens is 2. The third-order valence-corrected chi connectivity index (χ3v) is 3.52. The van der Waals surface area contributed by atoms with Crippen molar-refractivity contribution in [3.05, 3.63) is 51.2 Å². The highest BCUT2D eigenvalue weighted by atomic mass is 35.5. The van der Waals surface area contributed by atoms with E-state index in [1.54, 1.807) is 23.6 Å². The fraction of sp³-hybridized carbons (Fsp3) is 0.250. The average molecular weight is 271 g/mol. The van der Waals surface area contributed by atoms with E-state index in [0.717, 1.165) is 23.5 Å². The molecule has 0 radical (unpaired) electrons. The summed E-state index contributed by atoms with van der Waals surface area (Å²) in [6.07, 6.45) is 2.70. The molecule has 17 heavy (non-hydrogen) atoms. The topological polar surface area (TPSA) is 24.9 Å². The largest absolute Gasteiger partial charge is 0.312 e. The molecule has 0 fully saturated rings. The zero-order valence-electron chi connectivity index (χ0n) is 9.12. The molecule has 0 spiro atoms. The minimum Gasteiger partial charge on any atom is -0.312 e. The number of nitrogens with zero attached hydrogens (tertiary/aromatic N) is 1. The van der Waals surface area contributed by atoms with Crippen molar-refractivity contribution in [1.29, 1.82) is 0 Å². The highest BCUT2D eigenvalue weighted by Gasteiger charge is 2.01. The number of thiazole rings is 1. The standard InChI is InChI=1S/C12H12ClFN2S/c13-11-7-10(14)2-1-9(11)8-15-4-3-12-16-5-6-17-12/h1-2,5-7,15H,3-4,8H2. The maximum Gasteiger partial charge on any atom is 0.124 e. The fourth-order valence-electron chi connectivity index (χ4n) is 1.46. The lowest BCUT2D eigenvalue weighted by atomic mass is 10.2. The number of rotatable bonds is 5. The van der Waals surface area contributed by atoms with Gasteiger partial charge in [0.1, 0.15) is 5.82 Å². The maximum atomic E-state index is 12.8. The third-order valence-electron chi connectivity index (χ3n) is 2.33. The number of aromatic nitrogens is 1. The van der Waals surface area contributed by atoms with Crippen molar-refractivity contribution in [3.8, 4) is 0 Å². The van der Waals surface area contributed by atoms with Crippen LogP contribution in [0.4, 0.5) is 4.39 Å². The van der Waals surface area contributed by atoms with Crippen molar-refractivity contribution in [3.63, 3.8) is 0 Å². The summed E-state index contributed by atoms with van der Waals surface area (Å²) in [6, 6.07) is 4.46. The van der Waals surface area contributed by atoms with Crippen LogP contribution in [0.1, 0.15) is 10.6 Å². The van der Waals surface area contributed by atoms with Gasteiger partial charge in [-0.3, -0.25) is 0 Å². The van der Waals surface area contributed by atoms with Crippen LogP contribution in [-0.2, 0) is 13.0 Å². The summed E-state index contributed by atoms with van der Waals surface area (Å²) in [5.74, 6) is -0.304. The summed E-state index contributed by atoms with van der Waals surface area (Å²) in [7, 11) is 0. The van der Waals surface area contributed by atoms with Gasteiger partial charge in [0.15, 0.2) is 0 Å². The van der Waals surface area contributed by atoms with E-state index in [2.05, 4.69) is 10.3 Å². The Morgan fingerprint density at radius 1 is 1.41 bits per heavy atom. The molecule has 0 atom stereocenters. The molecule has 2 aromatic rings. The number of benzene rings is 1. The number of nitrogens with one attached hydrogen (secondary N) is 1. The first-order valence-electron chi connectivity index (χ1n) is 5.29. The second-order valence-electron chi connectivity index (χ2n) is 3.59. The average Bonchev–Trinajstić information content (AvgIpc) is 2.79. The van der Waals surface area contributed by atoms with Gasteiger partial charge in [-0.2, -0.15) is 0 Å². The third kappa shape index (κ3) is 3.77. The molecule has 2 rings (SSSR count). The molecular formula is C12H12ClFN2S. The van der Waals surface area contributed by atoms with Gasteiger partial charge < -0.3 is 5.32 Å². The lowest BCUT2D eigenvalue weighted by Crippen LogP contribution is -2.16. The van der Waals surface area contributed by atoms with Crippen LogP contribution in [0.3, 0.4) is 0 Å². The summed E-state index contributed by atoms with van der Waals surface area (Å²) in [5.41, 5.74) is 0.909. The lowest BCUT2D eigenvalue weighted by Gasteiger charge is -2.05. The fourth-order valence-corrected chi connectivity index (χ4v) is 2.31. The van der Waals surface area contributed by atoms with Crippen molar-refractivity contribution in [2.45, 2.75) is 13.0 Å². The van der Waals surface area contributed by atoms with E-state index in [9.17, 15) is 4.39 Å². The van der Waals surface area contributed by atoms with Crippen molar-refractivity contribution >= 4 is 22.9 Å². The van der Waals surface area contributed by atoms with Gasteiger partial charge in [0.25, 0.3) is 0 Å². The van der Waals surface area contributed by atoms with Crippen LogP contribution in [0.25, 0.3) is 0 Å². The van der Waals surface area contributed by atoms with E-state index in [0.29, 0.717) is 11.6 Å². The highest BCUT2D eigenvalue weighted by Crippen LogP contribution is 2.16. The molecule has 0 aliphatic heterocycles. The second kappa shape index (κ2) is 6.10. The zero-order chi connectivity index (χ0) is 12.1. The maximum absolute atomic E-state index is 12.8. The first kappa shape index (κ1) is 12.5. The summed E-state index contributed by atoms with van der Waals surface area (Å²) in [6.45, 7) is 1.48. The van der Waals surface area contributed by atoms with Crippen LogP contribution in [0.5, 0.6) is 0 Å². The Balaban J connectivity index is 1.78. The molecular weight excluding hydrogens is 259 g/mol. The van der Waals surface area contributed by atoms with E-state index < -0.39 is 0 Å². The van der Waals surface area contributed by atoms with E-state index in [-0.39, 0.29) is 5.82 Å². The zero-order valence-corrected chi connectivity index (χ0v) is 10.7. The van der Waals surface area contributed by atoms with Gasteiger partial charge in [-0.1, -0.05) is 17.7 Å². The number of hydrogen-bond acceptors (Lipinski definition) is 3. The molecule has 0 aliphatic carbocycles. The van der Waals surface area contributed by atoms with Crippen LogP contribution < -0.4 is 5.32 Å². The monoisotopic (exact) mass is 270 g/mol. The Morgan fingerprint density at radius 2 is 2.29 bits per heavy atom. The summed E-state index contributed by atoms with van der Waals surface area (Å²) in [5, 5.41) is 6.80. The molecule has 0 saturated carbocycles. The van der Waals surface area contributed by atoms with Gasteiger partial charge in [0.2, 0.25) is 0 Å². The van der Waals surface area contributed by atoms with E-state index in [1.165, 1.54) is 12.1 Å². The Morgan fingerprint density at radius 3 is 3.00 bits per heavy atom. The molecule has 1 aromatic carbocycles. The Bertz CT molecular complexity index is 473. The van der Waals surface area contributed by atoms with Gasteiger partial charge in [0.05, 0.1) is 5.01 Å². The van der Waals surface area contributed by atoms with Crippen LogP contribution >= 0.6 is 22.9 Å². The van der Waals surface area contributed by atoms with E-state index >= 15 is 0 Å². The smallest absolute Gasteiger partial charge is 0.124 e. The molecule has 2 nitrogen and oxygen atoms in total. The van der Waals surface area contributed by atoms with Gasteiger partial charge >= 0.3 is 0 Å². The minimum atomic E-state index is -0.304. The molecule has 1 N–H and O–H groups in total. The molecule has 90 valence electrons. The molecule has 0 amide bonds. The van der Waals surface area contributed by atoms with Gasteiger partial charge in [-0.25, -0.2) is 9.37 Å². The Hall–Kier alpha value is -0.970. The summed E-state index contributed by atoms with van der Waals surface area (Å²) in [4.78, 5) is 4.19. The molecule has 5 heteroatoms. The summed E-state index contributed by atoms with van der Waals surface area (Å²) < 4.78 is 12.8. The van der Waals surface area contributed by atoms with Gasteiger partial charge in [0, 0.05) is 36.1 Å². The molecule has 0 saturated heterocycles. The molecule has 0 unspecified atom stereocenters. The Kier molecular flexibility index (Phi) is 4.48. The first-order chi connectivity index (χ1) is 8.25. The van der Waals surface area contributed by atoms with Crippen molar-refractivity contribution in [2.75, 3.05) is 6.54 Å². The summed E-state index contributed by atoms with van der Waals surface area (Å²) >= 11 is 7.57. The van der Waals surface area contributed by atoms with Crippen molar-refractivity contribution in [2.24, 2.45) is 0 Å². The quantitative estimate of drug-likeness (QED) is 0.844. The predicted molar refractivity (Wildman–Crippen MR) is 68.9 cm³/mol. The highest BCUT2D eigenvalue weighted by molar-refractivity contribution is 7.09. The van der Waals surface area contributed by atoms with E-state index in [1.807, 2.05) is 5.38 Å². The van der Waals surface area contributed by atoms with Gasteiger partial charge in [-0.15, -0.1) is 11.3 Å². The normalized spacial score (nSPS) is 10.7. The predicted octanol–water partition coefficient (Wildman–Crippen LogP) is 3.27. The van der Waals surface area contributed by atoms with Gasteiger partial charge in [-0.05, 0) is 17.7 Å². The first-order valence-corrected chi connectivity index (χ1v) is 6.54. The number of hydrogen-bond donors (Lipinski definition) is 1. The second-order valence-corrected chi connectivity index (χ2v) is 4.97. The molecule has 0 bridgehead atoms. The van der Waals surface area contributed by atoms with Crippen molar-refractivity contribution in [1.82, 2.24) is 10.3 Å². The van der Waals surface area contributed by atoms with Crippen LogP contribution in [0.15, 0.2) is 29.8 Å². The van der Waals surface area contributed by atoms with Crippen molar-refractivity contribution < 1.29 is 4.39 Å². The van der Waals surface area contributed by atoms with E-state index in [4.69, 9.17) is 11.6 Å². The lowest BCUT2D eigenvalue weighted by molar-refractivity contribution is 0.625.